The molecule has 1 saturated heterocycles. The molecule has 2 aliphatic heterocycles. The van der Waals surface area contributed by atoms with E-state index in [1.54, 1.807) is 30.3 Å². The number of carboxylic acids is 1. The number of aromatic nitrogens is 1. The largest absolute Gasteiger partial charge is 0.489 e. The van der Waals surface area contributed by atoms with Gasteiger partial charge in [0.25, 0.3) is 0 Å². The lowest BCUT2D eigenvalue weighted by atomic mass is 9.94. The number of ether oxygens (including phenoxy) is 2. The zero-order chi connectivity index (χ0) is 26.9. The van der Waals surface area contributed by atoms with Crippen LogP contribution in [-0.4, -0.2) is 66.3 Å². The van der Waals surface area contributed by atoms with E-state index in [1.165, 1.54) is 20.2 Å². The fourth-order valence-electron chi connectivity index (χ4n) is 4.62. The second kappa shape index (κ2) is 10.6. The van der Waals surface area contributed by atoms with Crippen LogP contribution < -0.4 is 25.1 Å². The summed E-state index contributed by atoms with van der Waals surface area (Å²) in [4.78, 5) is 17.4. The number of alkyl halides is 3. The maximum atomic E-state index is 13.4. The lowest BCUT2D eigenvalue weighted by Gasteiger charge is -2.38. The van der Waals surface area contributed by atoms with E-state index in [0.717, 1.165) is 10.7 Å². The zero-order valence-corrected chi connectivity index (χ0v) is 20.9. The molecule has 0 bridgehead atoms. The number of benzene rings is 1. The van der Waals surface area contributed by atoms with Crippen LogP contribution in [0.3, 0.4) is 0 Å². The molecule has 1 aromatic heterocycles. The van der Waals surface area contributed by atoms with Crippen molar-refractivity contribution in [2.24, 2.45) is 16.8 Å². The van der Waals surface area contributed by atoms with Crippen molar-refractivity contribution in [2.45, 2.75) is 44.1 Å². The summed E-state index contributed by atoms with van der Waals surface area (Å²) >= 11 is 6.31. The molecule has 4 rings (SSSR count). The molecule has 0 amide bonds. The summed E-state index contributed by atoms with van der Waals surface area (Å²) in [5.41, 5.74) is 6.50. The lowest BCUT2D eigenvalue weighted by molar-refractivity contribution is -0.137. The number of anilines is 2. The van der Waals surface area contributed by atoms with Gasteiger partial charge in [0.15, 0.2) is 0 Å². The minimum atomic E-state index is -4.65. The van der Waals surface area contributed by atoms with E-state index in [9.17, 15) is 23.1 Å². The Bertz CT molecular complexity index is 1160. The quantitative estimate of drug-likeness (QED) is 0.542. The molecule has 1 fully saturated rings. The normalized spacial score (nSPS) is 24.1. The summed E-state index contributed by atoms with van der Waals surface area (Å²) < 4.78 is 51.5. The highest BCUT2D eigenvalue weighted by atomic mass is 35.5. The number of piperidine rings is 1. The number of hydrazone groups is 1. The van der Waals surface area contributed by atoms with E-state index < -0.39 is 36.2 Å². The SMILES string of the molecule is COc1cc(N2CCC(Oc3ccc(N4N=C(C(F)(F)F)[C@@H](C)C4CC(=O)O)cc3)[C@H](N)C2)c(Cl)cn1. The third kappa shape index (κ3) is 5.85. The van der Waals surface area contributed by atoms with Crippen LogP contribution >= 0.6 is 11.6 Å². The number of carbonyl (C=O) groups is 1. The Labute approximate surface area is 216 Å². The molecule has 2 aromatic rings. The van der Waals surface area contributed by atoms with Crippen molar-refractivity contribution in [3.05, 3.63) is 41.6 Å². The number of hydrogen-bond acceptors (Lipinski definition) is 8. The molecule has 4 atom stereocenters. The van der Waals surface area contributed by atoms with E-state index in [1.807, 2.05) is 4.90 Å². The third-order valence-electron chi connectivity index (χ3n) is 6.55. The standard InChI is InChI=1S/C24H27ClF3N5O4/c1-13-18(10-22(34)35)33(31-23(13)24(26,27)28)14-3-5-15(6-4-14)37-20-7-8-32(12-17(20)29)19-9-21(36-2)30-11-16(19)25/h3-6,9,11,13,17-18,20H,7-8,10,12,29H2,1-2H3,(H,34,35)/t13-,17+,18?,20?/m0/s1. The van der Waals surface area contributed by atoms with Crippen LogP contribution in [0.2, 0.25) is 5.02 Å². The minimum absolute atomic E-state index is 0.300. The molecule has 37 heavy (non-hydrogen) atoms. The highest BCUT2D eigenvalue weighted by Crippen LogP contribution is 2.37. The lowest BCUT2D eigenvalue weighted by Crippen LogP contribution is -2.53. The monoisotopic (exact) mass is 541 g/mol. The van der Waals surface area contributed by atoms with Gasteiger partial charge in [0.1, 0.15) is 17.6 Å². The van der Waals surface area contributed by atoms with Gasteiger partial charge >= 0.3 is 12.1 Å². The Morgan fingerprint density at radius 1 is 1.30 bits per heavy atom. The third-order valence-corrected chi connectivity index (χ3v) is 6.84. The van der Waals surface area contributed by atoms with Crippen LogP contribution in [0.5, 0.6) is 11.6 Å². The Morgan fingerprint density at radius 3 is 2.59 bits per heavy atom. The van der Waals surface area contributed by atoms with Crippen LogP contribution in [0.1, 0.15) is 19.8 Å². The molecule has 13 heteroatoms. The molecule has 200 valence electrons. The van der Waals surface area contributed by atoms with Gasteiger partial charge < -0.3 is 25.2 Å². The van der Waals surface area contributed by atoms with Gasteiger partial charge in [-0.3, -0.25) is 9.80 Å². The van der Waals surface area contributed by atoms with Gasteiger partial charge in [-0.2, -0.15) is 18.3 Å². The zero-order valence-electron chi connectivity index (χ0n) is 20.2. The molecule has 2 aliphatic rings. The summed E-state index contributed by atoms with van der Waals surface area (Å²) in [6.45, 7) is 2.44. The first kappa shape index (κ1) is 26.8. The van der Waals surface area contributed by atoms with Crippen LogP contribution in [-0.2, 0) is 4.79 Å². The molecule has 0 spiro atoms. The number of nitrogens with zero attached hydrogens (tertiary/aromatic N) is 4. The van der Waals surface area contributed by atoms with Gasteiger partial charge in [0.2, 0.25) is 5.88 Å². The highest BCUT2D eigenvalue weighted by molar-refractivity contribution is 6.33. The fraction of sp³-hybridized carbons (Fsp3) is 0.458. The predicted molar refractivity (Wildman–Crippen MR) is 133 cm³/mol. The second-order valence-electron chi connectivity index (χ2n) is 9.01. The topological polar surface area (TPSA) is 114 Å². The number of nitrogens with two attached hydrogens (primary N) is 1. The molecule has 1 aromatic carbocycles. The Morgan fingerprint density at radius 2 is 2.00 bits per heavy atom. The predicted octanol–water partition coefficient (Wildman–Crippen LogP) is 3.95. The van der Waals surface area contributed by atoms with E-state index in [0.29, 0.717) is 41.8 Å². The number of hydrogen-bond donors (Lipinski definition) is 2. The summed E-state index contributed by atoms with van der Waals surface area (Å²) in [5.74, 6) is -1.37. The highest BCUT2D eigenvalue weighted by Gasteiger charge is 2.48. The first-order valence-corrected chi connectivity index (χ1v) is 12.0. The van der Waals surface area contributed by atoms with Crippen molar-refractivity contribution in [1.82, 2.24) is 4.98 Å². The van der Waals surface area contributed by atoms with Crippen molar-refractivity contribution in [2.75, 3.05) is 30.1 Å². The number of pyridine rings is 1. The van der Waals surface area contributed by atoms with Crippen molar-refractivity contribution >= 4 is 34.7 Å². The van der Waals surface area contributed by atoms with Crippen molar-refractivity contribution in [3.63, 3.8) is 0 Å². The average molecular weight is 542 g/mol. The summed E-state index contributed by atoms with van der Waals surface area (Å²) in [6.07, 6.45) is -3.30. The minimum Gasteiger partial charge on any atom is -0.489 e. The first-order chi connectivity index (χ1) is 17.5. The van der Waals surface area contributed by atoms with Gasteiger partial charge in [0, 0.05) is 31.5 Å². The van der Waals surface area contributed by atoms with Gasteiger partial charge in [0.05, 0.1) is 48.2 Å². The molecule has 9 nitrogen and oxygen atoms in total. The number of methoxy groups -OCH3 is 1. The van der Waals surface area contributed by atoms with Crippen LogP contribution in [0.25, 0.3) is 0 Å². The molecule has 0 radical (unpaired) electrons. The average Bonchev–Trinajstić information content (AvgIpc) is 3.17. The summed E-state index contributed by atoms with van der Waals surface area (Å²) in [5, 5.41) is 14.6. The molecule has 0 saturated carbocycles. The Hall–Kier alpha value is -3.25. The first-order valence-electron chi connectivity index (χ1n) is 11.6. The number of aliphatic carboxylic acids is 1. The maximum Gasteiger partial charge on any atom is 0.431 e. The molecule has 2 unspecified atom stereocenters. The van der Waals surface area contributed by atoms with E-state index in [2.05, 4.69) is 10.1 Å². The van der Waals surface area contributed by atoms with Gasteiger partial charge in [-0.05, 0) is 24.3 Å². The summed E-state index contributed by atoms with van der Waals surface area (Å²) in [7, 11) is 1.52. The molecular weight excluding hydrogens is 515 g/mol. The molecule has 3 heterocycles. The number of rotatable bonds is 7. The smallest absolute Gasteiger partial charge is 0.431 e. The maximum absolute atomic E-state index is 13.4. The van der Waals surface area contributed by atoms with E-state index in [4.69, 9.17) is 26.8 Å². The van der Waals surface area contributed by atoms with E-state index >= 15 is 0 Å². The Kier molecular flexibility index (Phi) is 7.69. The van der Waals surface area contributed by atoms with Crippen molar-refractivity contribution in [3.8, 4) is 11.6 Å². The summed E-state index contributed by atoms with van der Waals surface area (Å²) in [6, 6.07) is 6.79. The van der Waals surface area contributed by atoms with Gasteiger partial charge in [-0.15, -0.1) is 0 Å². The number of carboxylic acid groups (broad SMARTS) is 1. The van der Waals surface area contributed by atoms with E-state index in [-0.39, 0.29) is 12.1 Å². The van der Waals surface area contributed by atoms with Crippen LogP contribution in [0.15, 0.2) is 41.6 Å². The van der Waals surface area contributed by atoms with Crippen molar-refractivity contribution < 1.29 is 32.5 Å². The molecule has 0 aliphatic carbocycles. The molecule has 3 N–H and O–H groups in total. The second-order valence-corrected chi connectivity index (χ2v) is 9.42. The van der Waals surface area contributed by atoms with Crippen molar-refractivity contribution in [1.29, 1.82) is 0 Å². The van der Waals surface area contributed by atoms with Crippen LogP contribution in [0, 0.1) is 5.92 Å². The Balaban J connectivity index is 1.44. The van der Waals surface area contributed by atoms with Gasteiger partial charge in [-0.25, -0.2) is 4.98 Å². The fourth-order valence-corrected chi connectivity index (χ4v) is 4.85. The van der Waals surface area contributed by atoms with Crippen LogP contribution in [0.4, 0.5) is 24.5 Å². The number of halogens is 4. The molecular formula is C24H27ClF3N5O4. The van der Waals surface area contributed by atoms with Gasteiger partial charge in [-0.1, -0.05) is 18.5 Å².